The summed E-state index contributed by atoms with van der Waals surface area (Å²) in [7, 11) is 0. The van der Waals surface area contributed by atoms with E-state index in [1.54, 1.807) is 4.90 Å². The molecule has 16 heavy (non-hydrogen) atoms. The van der Waals surface area contributed by atoms with Crippen LogP contribution in [0.25, 0.3) is 0 Å². The molecule has 0 atom stereocenters. The summed E-state index contributed by atoms with van der Waals surface area (Å²) in [6, 6.07) is 0. The zero-order valence-electron chi connectivity index (χ0n) is 9.62. The van der Waals surface area contributed by atoms with Crippen molar-refractivity contribution in [3.8, 4) is 0 Å². The topological polar surface area (TPSA) is 29.0 Å². The standard InChI is InChI=1S/C8H12BF3N3.K/c1-3-15(4-2)8-13-5-7(6-14-8)9(10,11)12;/h5-6H,3-4H2,1-2H3;/q-1;+1. The summed E-state index contributed by atoms with van der Waals surface area (Å²) >= 11 is 0. The number of hydrogen-bond donors (Lipinski definition) is 0. The first-order valence-corrected chi connectivity index (χ1v) is 4.75. The minimum atomic E-state index is -4.99. The maximum atomic E-state index is 12.3. The van der Waals surface area contributed by atoms with Gasteiger partial charge in [0.05, 0.1) is 0 Å². The van der Waals surface area contributed by atoms with Crippen molar-refractivity contribution in [1.29, 1.82) is 0 Å². The van der Waals surface area contributed by atoms with Crippen LogP contribution >= 0.6 is 0 Å². The van der Waals surface area contributed by atoms with Crippen molar-refractivity contribution in [1.82, 2.24) is 9.97 Å². The van der Waals surface area contributed by atoms with E-state index in [0.717, 1.165) is 12.4 Å². The summed E-state index contributed by atoms with van der Waals surface area (Å²) in [5, 5.41) is 0. The molecule has 1 aromatic heterocycles. The molecule has 0 fully saturated rings. The number of halogens is 3. The molecule has 8 heteroatoms. The van der Waals surface area contributed by atoms with Crippen LogP contribution in [0.2, 0.25) is 0 Å². The van der Waals surface area contributed by atoms with E-state index in [1.165, 1.54) is 0 Å². The average Bonchev–Trinajstić information content (AvgIpc) is 2.19. The Morgan fingerprint density at radius 1 is 1.12 bits per heavy atom. The molecule has 0 saturated heterocycles. The maximum absolute atomic E-state index is 12.3. The van der Waals surface area contributed by atoms with Gasteiger partial charge in [-0.05, 0) is 13.8 Å². The van der Waals surface area contributed by atoms with Gasteiger partial charge in [0.25, 0.3) is 0 Å². The smallest absolute Gasteiger partial charge is 0.445 e. The second-order valence-electron chi connectivity index (χ2n) is 3.06. The van der Waals surface area contributed by atoms with E-state index in [2.05, 4.69) is 9.97 Å². The van der Waals surface area contributed by atoms with Crippen LogP contribution < -0.4 is 61.7 Å². The molecule has 1 rings (SSSR count). The monoisotopic (exact) mass is 257 g/mol. The Kier molecular flexibility index (Phi) is 7.11. The molecule has 0 amide bonds. The number of anilines is 1. The third kappa shape index (κ3) is 4.33. The van der Waals surface area contributed by atoms with Crippen LogP contribution in [0.1, 0.15) is 13.8 Å². The summed E-state index contributed by atoms with van der Waals surface area (Å²) in [5.74, 6) is 0.337. The third-order valence-corrected chi connectivity index (χ3v) is 2.08. The molecule has 84 valence electrons. The number of nitrogens with zero attached hydrogens (tertiary/aromatic N) is 3. The quantitative estimate of drug-likeness (QED) is 0.607. The van der Waals surface area contributed by atoms with Crippen LogP contribution in [-0.2, 0) is 0 Å². The van der Waals surface area contributed by atoms with Gasteiger partial charge < -0.3 is 17.8 Å². The summed E-state index contributed by atoms with van der Waals surface area (Å²) in [5.41, 5.74) is -0.758. The summed E-state index contributed by atoms with van der Waals surface area (Å²) in [6.07, 6.45) is 1.67. The summed E-state index contributed by atoms with van der Waals surface area (Å²) in [6.45, 7) is 0.147. The van der Waals surface area contributed by atoms with Crippen LogP contribution in [0, 0.1) is 0 Å². The minimum Gasteiger partial charge on any atom is -0.445 e. The van der Waals surface area contributed by atoms with Crippen LogP contribution in [-0.4, -0.2) is 30.0 Å². The van der Waals surface area contributed by atoms with Crippen LogP contribution in [0.4, 0.5) is 18.9 Å². The second-order valence-corrected chi connectivity index (χ2v) is 3.06. The van der Waals surface area contributed by atoms with Gasteiger partial charge in [0, 0.05) is 25.5 Å². The fourth-order valence-electron chi connectivity index (χ4n) is 1.17. The van der Waals surface area contributed by atoms with E-state index in [-0.39, 0.29) is 51.4 Å². The van der Waals surface area contributed by atoms with Crippen molar-refractivity contribution in [3.63, 3.8) is 0 Å². The van der Waals surface area contributed by atoms with Gasteiger partial charge >= 0.3 is 58.4 Å². The molecule has 0 aromatic carbocycles. The Labute approximate surface area is 135 Å². The molecule has 0 aliphatic heterocycles. The predicted octanol–water partition coefficient (Wildman–Crippen LogP) is -1.62. The Balaban J connectivity index is 0.00000225. The third-order valence-electron chi connectivity index (χ3n) is 2.08. The van der Waals surface area contributed by atoms with E-state index in [1.807, 2.05) is 13.8 Å². The van der Waals surface area contributed by atoms with Gasteiger partial charge in [-0.15, -0.1) is 0 Å². The van der Waals surface area contributed by atoms with E-state index in [4.69, 9.17) is 0 Å². The largest absolute Gasteiger partial charge is 1.00 e. The second kappa shape index (κ2) is 6.95. The summed E-state index contributed by atoms with van der Waals surface area (Å²) in [4.78, 5) is 9.18. The van der Waals surface area contributed by atoms with Crippen molar-refractivity contribution in [2.24, 2.45) is 0 Å². The van der Waals surface area contributed by atoms with E-state index in [9.17, 15) is 12.9 Å². The first-order chi connectivity index (χ1) is 6.99. The fraction of sp³-hybridized carbons (Fsp3) is 0.500. The molecule has 0 bridgehead atoms. The Hall–Kier alpha value is 0.371. The first-order valence-electron chi connectivity index (χ1n) is 4.75. The zero-order valence-corrected chi connectivity index (χ0v) is 12.7. The molecule has 0 unspecified atom stereocenters. The molecule has 3 nitrogen and oxygen atoms in total. The maximum Gasteiger partial charge on any atom is 1.00 e. The number of aromatic nitrogens is 2. The minimum absolute atomic E-state index is 0. The van der Waals surface area contributed by atoms with Gasteiger partial charge in [0.2, 0.25) is 5.95 Å². The number of hydrogen-bond acceptors (Lipinski definition) is 3. The SMILES string of the molecule is CCN(CC)c1ncc([B-](F)(F)F)cn1.[K+]. The average molecular weight is 257 g/mol. The molecule has 0 radical (unpaired) electrons. The van der Waals surface area contributed by atoms with Crippen molar-refractivity contribution < 1.29 is 64.3 Å². The van der Waals surface area contributed by atoms with Gasteiger partial charge in [-0.25, -0.2) is 9.97 Å². The van der Waals surface area contributed by atoms with E-state index in [0.29, 0.717) is 19.0 Å². The van der Waals surface area contributed by atoms with Crippen molar-refractivity contribution in [2.45, 2.75) is 13.8 Å². The normalized spacial score (nSPS) is 10.8. The van der Waals surface area contributed by atoms with Gasteiger partial charge in [-0.1, -0.05) is 5.46 Å². The van der Waals surface area contributed by atoms with Gasteiger partial charge in [0.1, 0.15) is 0 Å². The predicted molar refractivity (Wildman–Crippen MR) is 54.3 cm³/mol. The van der Waals surface area contributed by atoms with Crippen molar-refractivity contribution in [3.05, 3.63) is 12.4 Å². The molecular formula is C8H12BF3KN3. The van der Waals surface area contributed by atoms with E-state index < -0.39 is 12.4 Å². The Morgan fingerprint density at radius 3 is 1.88 bits per heavy atom. The molecule has 0 saturated carbocycles. The molecule has 0 spiro atoms. The zero-order chi connectivity index (χ0) is 11.5. The van der Waals surface area contributed by atoms with E-state index >= 15 is 0 Å². The van der Waals surface area contributed by atoms with Gasteiger partial charge in [-0.3, -0.25) is 0 Å². The first kappa shape index (κ1) is 16.4. The molecule has 1 heterocycles. The van der Waals surface area contributed by atoms with Crippen molar-refractivity contribution in [2.75, 3.05) is 18.0 Å². The molecule has 0 aliphatic carbocycles. The van der Waals surface area contributed by atoms with Gasteiger partial charge in [0.15, 0.2) is 0 Å². The Bertz CT molecular complexity index is 313. The molecule has 0 aliphatic rings. The van der Waals surface area contributed by atoms with Gasteiger partial charge in [-0.2, -0.15) is 0 Å². The molecule has 0 N–H and O–H groups in total. The molecule has 1 aromatic rings. The fourth-order valence-corrected chi connectivity index (χ4v) is 1.17. The van der Waals surface area contributed by atoms with Crippen LogP contribution in [0.3, 0.4) is 0 Å². The van der Waals surface area contributed by atoms with Crippen LogP contribution in [0.15, 0.2) is 12.4 Å². The Morgan fingerprint density at radius 2 is 1.56 bits per heavy atom. The number of rotatable bonds is 4. The molecular weight excluding hydrogens is 245 g/mol. The van der Waals surface area contributed by atoms with Crippen LogP contribution in [0.5, 0.6) is 0 Å². The van der Waals surface area contributed by atoms with Crippen molar-refractivity contribution >= 4 is 18.4 Å². The summed E-state index contributed by atoms with van der Waals surface area (Å²) < 4.78 is 36.8.